The van der Waals surface area contributed by atoms with E-state index in [4.69, 9.17) is 19.2 Å². The molecule has 4 rings (SSSR count). The molecule has 2 aromatic carbocycles. The highest BCUT2D eigenvalue weighted by Gasteiger charge is 2.28. The second-order valence-corrected chi connectivity index (χ2v) is 8.01. The molecule has 1 saturated heterocycles. The van der Waals surface area contributed by atoms with E-state index in [1.165, 1.54) is 0 Å². The third-order valence-corrected chi connectivity index (χ3v) is 5.85. The molecule has 0 N–H and O–H groups in total. The van der Waals surface area contributed by atoms with Gasteiger partial charge in [0, 0.05) is 4.90 Å². The van der Waals surface area contributed by atoms with Crippen LogP contribution in [0, 0.1) is 3.70 Å². The molecule has 5 nitrogen and oxygen atoms in total. The van der Waals surface area contributed by atoms with Crippen molar-refractivity contribution in [1.82, 2.24) is 9.55 Å². The first kappa shape index (κ1) is 18.9. The van der Waals surface area contributed by atoms with Crippen LogP contribution in [-0.4, -0.2) is 22.8 Å². The zero-order valence-corrected chi connectivity index (χ0v) is 17.6. The van der Waals surface area contributed by atoms with E-state index in [0.717, 1.165) is 25.0 Å². The van der Waals surface area contributed by atoms with Gasteiger partial charge in [0.15, 0.2) is 5.16 Å². The van der Waals surface area contributed by atoms with Crippen molar-refractivity contribution in [2.75, 3.05) is 13.2 Å². The zero-order valence-electron chi connectivity index (χ0n) is 14.6. The molecule has 7 heteroatoms. The molecule has 2 heterocycles. The molecule has 0 bridgehead atoms. The monoisotopic (exact) mass is 494 g/mol. The van der Waals surface area contributed by atoms with Crippen LogP contribution in [0.4, 0.5) is 0 Å². The van der Waals surface area contributed by atoms with Crippen LogP contribution in [0.1, 0.15) is 17.5 Å². The Morgan fingerprint density at radius 2 is 1.70 bits per heavy atom. The first-order valence-electron chi connectivity index (χ1n) is 8.65. The van der Waals surface area contributed by atoms with E-state index in [1.54, 1.807) is 11.8 Å². The summed E-state index contributed by atoms with van der Waals surface area (Å²) in [7, 11) is 0. The van der Waals surface area contributed by atoms with Crippen molar-refractivity contribution < 1.29 is 14.2 Å². The summed E-state index contributed by atoms with van der Waals surface area (Å²) in [6, 6.07) is 20.4. The van der Waals surface area contributed by atoms with E-state index >= 15 is 0 Å². The Kier molecular flexibility index (Phi) is 6.46. The minimum absolute atomic E-state index is 0.388. The minimum Gasteiger partial charge on any atom is -0.356 e. The number of ether oxygens (including phenoxy) is 3. The maximum Gasteiger partial charge on any atom is 0.202 e. The molecule has 1 aliphatic rings. The Balaban J connectivity index is 1.57. The molecule has 0 radical (unpaired) electrons. The molecule has 0 unspecified atom stereocenters. The van der Waals surface area contributed by atoms with Gasteiger partial charge in [-0.15, -0.1) is 0 Å². The van der Waals surface area contributed by atoms with Gasteiger partial charge >= 0.3 is 0 Å². The zero-order chi connectivity index (χ0) is 18.5. The molecule has 0 aliphatic carbocycles. The SMILES string of the molecule is Ic1nc(Sc2ccccc2)n(COCc2ccccc2)c1C1OCCO1. The molecular weight excluding hydrogens is 475 g/mol. The van der Waals surface area contributed by atoms with Crippen LogP contribution >= 0.6 is 34.4 Å². The maximum absolute atomic E-state index is 5.99. The fraction of sp³-hybridized carbons (Fsp3) is 0.250. The molecular formula is C20H19IN2O3S. The van der Waals surface area contributed by atoms with Crippen LogP contribution in [0.5, 0.6) is 0 Å². The normalized spacial score (nSPS) is 14.7. The minimum atomic E-state index is -0.394. The summed E-state index contributed by atoms with van der Waals surface area (Å²) in [5.41, 5.74) is 2.05. The number of nitrogens with zero attached hydrogens (tertiary/aromatic N) is 2. The van der Waals surface area contributed by atoms with Gasteiger partial charge in [0.25, 0.3) is 0 Å². The molecule has 0 saturated carbocycles. The third kappa shape index (κ3) is 4.72. The van der Waals surface area contributed by atoms with E-state index in [1.807, 2.05) is 36.4 Å². The molecule has 0 atom stereocenters. The van der Waals surface area contributed by atoms with E-state index < -0.39 is 6.29 Å². The van der Waals surface area contributed by atoms with Gasteiger partial charge in [0.1, 0.15) is 16.1 Å². The van der Waals surface area contributed by atoms with Crippen molar-refractivity contribution in [3.05, 3.63) is 75.6 Å². The van der Waals surface area contributed by atoms with Gasteiger partial charge in [0.05, 0.1) is 19.8 Å². The summed E-state index contributed by atoms with van der Waals surface area (Å²) in [6.07, 6.45) is -0.394. The Morgan fingerprint density at radius 3 is 2.41 bits per heavy atom. The van der Waals surface area contributed by atoms with Crippen LogP contribution in [0.15, 0.2) is 70.7 Å². The molecule has 0 amide bonds. The third-order valence-electron chi connectivity index (χ3n) is 4.06. The highest BCUT2D eigenvalue weighted by Crippen LogP contribution is 2.34. The van der Waals surface area contributed by atoms with Crippen molar-refractivity contribution >= 4 is 34.4 Å². The molecule has 1 aliphatic heterocycles. The van der Waals surface area contributed by atoms with Gasteiger partial charge in [-0.3, -0.25) is 4.57 Å². The second kappa shape index (κ2) is 9.20. The standard InChI is InChI=1S/C20H19IN2O3S/c21-18-17(19-25-11-12-26-19)23(14-24-13-15-7-3-1-4-8-15)20(22-18)27-16-9-5-2-6-10-16/h1-10,19H,11-14H2. The summed E-state index contributed by atoms with van der Waals surface area (Å²) in [5, 5.41) is 0.868. The average Bonchev–Trinajstić information content (AvgIpc) is 3.32. The number of hydrogen-bond acceptors (Lipinski definition) is 5. The lowest BCUT2D eigenvalue weighted by molar-refractivity contribution is -0.0561. The fourth-order valence-corrected chi connectivity index (χ4v) is 4.62. The van der Waals surface area contributed by atoms with Crippen LogP contribution in [0.25, 0.3) is 0 Å². The van der Waals surface area contributed by atoms with Gasteiger partial charge < -0.3 is 14.2 Å². The number of halogens is 1. The summed E-state index contributed by atoms with van der Waals surface area (Å²) in [4.78, 5) is 5.88. The molecule has 3 aromatic rings. The average molecular weight is 494 g/mol. The van der Waals surface area contributed by atoms with E-state index in [2.05, 4.69) is 51.4 Å². The van der Waals surface area contributed by atoms with E-state index in [-0.39, 0.29) is 0 Å². The predicted molar refractivity (Wildman–Crippen MR) is 111 cm³/mol. The van der Waals surface area contributed by atoms with Crippen LogP contribution in [0.3, 0.4) is 0 Å². The predicted octanol–water partition coefficient (Wildman–Crippen LogP) is 4.86. The number of imidazole rings is 1. The number of benzene rings is 2. The van der Waals surface area contributed by atoms with E-state index in [0.29, 0.717) is 26.6 Å². The number of rotatable bonds is 7. The van der Waals surface area contributed by atoms with Crippen molar-refractivity contribution in [1.29, 1.82) is 0 Å². The van der Waals surface area contributed by atoms with Gasteiger partial charge in [0.2, 0.25) is 6.29 Å². The molecule has 27 heavy (non-hydrogen) atoms. The summed E-state index contributed by atoms with van der Waals surface area (Å²) in [6.45, 7) is 2.12. The fourth-order valence-electron chi connectivity index (χ4n) is 2.78. The van der Waals surface area contributed by atoms with Crippen LogP contribution in [0.2, 0.25) is 0 Å². The summed E-state index contributed by atoms with van der Waals surface area (Å²) in [5.74, 6) is 0. The number of hydrogen-bond donors (Lipinski definition) is 0. The molecule has 140 valence electrons. The first-order valence-corrected chi connectivity index (χ1v) is 10.5. The quantitative estimate of drug-likeness (QED) is 0.440. The van der Waals surface area contributed by atoms with Crippen molar-refractivity contribution in [3.8, 4) is 0 Å². The second-order valence-electron chi connectivity index (χ2n) is 5.95. The lowest BCUT2D eigenvalue weighted by Crippen LogP contribution is -2.12. The Hall–Kier alpha value is -1.39. The topological polar surface area (TPSA) is 45.5 Å². The lowest BCUT2D eigenvalue weighted by atomic mass is 10.2. The smallest absolute Gasteiger partial charge is 0.202 e. The lowest BCUT2D eigenvalue weighted by Gasteiger charge is -2.16. The molecule has 0 spiro atoms. The van der Waals surface area contributed by atoms with E-state index in [9.17, 15) is 0 Å². The van der Waals surface area contributed by atoms with Crippen molar-refractivity contribution in [2.24, 2.45) is 0 Å². The van der Waals surface area contributed by atoms with Gasteiger partial charge in [-0.1, -0.05) is 60.3 Å². The largest absolute Gasteiger partial charge is 0.356 e. The Bertz CT molecular complexity index is 868. The summed E-state index contributed by atoms with van der Waals surface area (Å²) >= 11 is 3.85. The Labute approximate surface area is 176 Å². The van der Waals surface area contributed by atoms with Crippen LogP contribution < -0.4 is 0 Å². The maximum atomic E-state index is 5.99. The highest BCUT2D eigenvalue weighted by atomic mass is 127. The van der Waals surface area contributed by atoms with Crippen molar-refractivity contribution in [2.45, 2.75) is 29.7 Å². The van der Waals surface area contributed by atoms with Gasteiger partial charge in [-0.2, -0.15) is 0 Å². The highest BCUT2D eigenvalue weighted by molar-refractivity contribution is 14.1. The van der Waals surface area contributed by atoms with Gasteiger partial charge in [-0.05, 0) is 40.3 Å². The van der Waals surface area contributed by atoms with Gasteiger partial charge in [-0.25, -0.2) is 4.98 Å². The number of aromatic nitrogens is 2. The first-order chi connectivity index (χ1) is 13.3. The molecule has 1 fully saturated rings. The van der Waals surface area contributed by atoms with Crippen molar-refractivity contribution in [3.63, 3.8) is 0 Å². The summed E-state index contributed by atoms with van der Waals surface area (Å²) < 4.78 is 20.4. The van der Waals surface area contributed by atoms with Crippen LogP contribution in [-0.2, 0) is 27.5 Å². The Morgan fingerprint density at radius 1 is 1.04 bits per heavy atom. The molecule has 1 aromatic heterocycles.